The molecule has 2 fully saturated rings. The van der Waals surface area contributed by atoms with Crippen LogP contribution in [0.2, 0.25) is 0 Å². The van der Waals surface area contributed by atoms with Crippen molar-refractivity contribution in [1.82, 2.24) is 19.7 Å². The molecular weight excluding hydrogens is 252 g/mol. The van der Waals surface area contributed by atoms with E-state index in [0.29, 0.717) is 12.2 Å². The zero-order chi connectivity index (χ0) is 14.0. The van der Waals surface area contributed by atoms with E-state index in [1.54, 1.807) is 6.33 Å². The predicted molar refractivity (Wildman–Crippen MR) is 76.4 cm³/mol. The van der Waals surface area contributed by atoms with Gasteiger partial charge >= 0.3 is 0 Å². The van der Waals surface area contributed by atoms with E-state index in [1.165, 1.54) is 25.7 Å². The molecule has 0 bridgehead atoms. The molecule has 2 heterocycles. The minimum Gasteiger partial charge on any atom is -0.297 e. The molecule has 1 aliphatic heterocycles. The Balaban J connectivity index is 1.79. The lowest BCUT2D eigenvalue weighted by atomic mass is 9.88. The van der Waals surface area contributed by atoms with Gasteiger partial charge in [0.05, 0.1) is 12.0 Å². The summed E-state index contributed by atoms with van der Waals surface area (Å²) in [5.74, 6) is 1.18. The van der Waals surface area contributed by atoms with Gasteiger partial charge < -0.3 is 0 Å². The number of rotatable bonds is 5. The summed E-state index contributed by atoms with van der Waals surface area (Å²) in [5, 5.41) is 4.17. The first-order valence-corrected chi connectivity index (χ1v) is 7.91. The number of carbonyl (C=O) groups is 1. The number of ketones is 1. The van der Waals surface area contributed by atoms with Crippen molar-refractivity contribution < 1.29 is 4.79 Å². The third-order valence-electron chi connectivity index (χ3n) is 4.98. The zero-order valence-corrected chi connectivity index (χ0v) is 12.3. The lowest BCUT2D eigenvalue weighted by Crippen LogP contribution is -2.52. The summed E-state index contributed by atoms with van der Waals surface area (Å²) < 4.78 is 1.84. The van der Waals surface area contributed by atoms with Gasteiger partial charge in [-0.2, -0.15) is 5.10 Å². The SMILES string of the molecule is CCn1ncnc1CC(=O)C1(N2CCCC2)CCCC1. The summed E-state index contributed by atoms with van der Waals surface area (Å²) >= 11 is 0. The third kappa shape index (κ3) is 2.28. The number of aromatic nitrogens is 3. The van der Waals surface area contributed by atoms with Crippen LogP contribution < -0.4 is 0 Å². The summed E-state index contributed by atoms with van der Waals surface area (Å²) in [6, 6.07) is 0. The number of hydrogen-bond donors (Lipinski definition) is 0. The lowest BCUT2D eigenvalue weighted by Gasteiger charge is -2.37. The highest BCUT2D eigenvalue weighted by Crippen LogP contribution is 2.38. The Hall–Kier alpha value is -1.23. The van der Waals surface area contributed by atoms with Crippen LogP contribution >= 0.6 is 0 Å². The van der Waals surface area contributed by atoms with Gasteiger partial charge in [-0.15, -0.1) is 0 Å². The van der Waals surface area contributed by atoms with Crippen LogP contribution in [0.3, 0.4) is 0 Å². The van der Waals surface area contributed by atoms with E-state index in [1.807, 2.05) is 11.6 Å². The van der Waals surface area contributed by atoms with Crippen molar-refractivity contribution in [1.29, 1.82) is 0 Å². The van der Waals surface area contributed by atoms with E-state index in [4.69, 9.17) is 0 Å². The number of Topliss-reactive ketones (excluding diaryl/α,β-unsaturated/α-hetero) is 1. The maximum absolute atomic E-state index is 13.0. The fraction of sp³-hybridized carbons (Fsp3) is 0.800. The van der Waals surface area contributed by atoms with Gasteiger partial charge in [-0.05, 0) is 45.7 Å². The van der Waals surface area contributed by atoms with Crippen LogP contribution in [0.4, 0.5) is 0 Å². The van der Waals surface area contributed by atoms with Crippen LogP contribution in [0.1, 0.15) is 51.3 Å². The molecule has 5 nitrogen and oxygen atoms in total. The van der Waals surface area contributed by atoms with Crippen molar-refractivity contribution in [2.45, 2.75) is 64.0 Å². The molecule has 1 saturated carbocycles. The molecule has 1 aromatic rings. The largest absolute Gasteiger partial charge is 0.297 e. The average molecular weight is 276 g/mol. The number of likely N-dealkylation sites (tertiary alicyclic amines) is 1. The number of aryl methyl sites for hydroxylation is 1. The van der Waals surface area contributed by atoms with Gasteiger partial charge in [0.2, 0.25) is 0 Å². The molecule has 2 aliphatic rings. The second-order valence-corrected chi connectivity index (χ2v) is 6.02. The fourth-order valence-corrected chi connectivity index (χ4v) is 3.87. The Bertz CT molecular complexity index is 470. The van der Waals surface area contributed by atoms with Crippen molar-refractivity contribution in [3.05, 3.63) is 12.2 Å². The smallest absolute Gasteiger partial charge is 0.160 e. The first kappa shape index (κ1) is 13.7. The normalized spacial score (nSPS) is 22.4. The standard InChI is InChI=1S/C15H24N4O/c1-2-19-14(16-12-17-19)11-13(20)15(7-3-4-8-15)18-9-5-6-10-18/h12H,2-11H2,1H3. The van der Waals surface area contributed by atoms with E-state index >= 15 is 0 Å². The molecule has 20 heavy (non-hydrogen) atoms. The number of nitrogens with zero attached hydrogens (tertiary/aromatic N) is 4. The van der Waals surface area contributed by atoms with Crippen LogP contribution in [0, 0.1) is 0 Å². The highest BCUT2D eigenvalue weighted by atomic mass is 16.1. The molecular formula is C15H24N4O. The van der Waals surface area contributed by atoms with Crippen molar-refractivity contribution in [3.8, 4) is 0 Å². The van der Waals surface area contributed by atoms with Gasteiger partial charge in [-0.25, -0.2) is 9.67 Å². The summed E-state index contributed by atoms with van der Waals surface area (Å²) in [6.45, 7) is 4.99. The molecule has 0 amide bonds. The third-order valence-corrected chi connectivity index (χ3v) is 4.98. The van der Waals surface area contributed by atoms with Crippen LogP contribution in [-0.4, -0.2) is 44.1 Å². The van der Waals surface area contributed by atoms with E-state index in [-0.39, 0.29) is 5.54 Å². The summed E-state index contributed by atoms with van der Waals surface area (Å²) in [4.78, 5) is 19.7. The second-order valence-electron chi connectivity index (χ2n) is 6.02. The Labute approximate surface area is 120 Å². The van der Waals surface area contributed by atoms with E-state index in [0.717, 1.165) is 38.3 Å². The minimum absolute atomic E-state index is 0.193. The summed E-state index contributed by atoms with van der Waals surface area (Å²) in [5.41, 5.74) is -0.193. The monoisotopic (exact) mass is 276 g/mol. The van der Waals surface area contributed by atoms with E-state index in [2.05, 4.69) is 15.0 Å². The number of hydrogen-bond acceptors (Lipinski definition) is 4. The van der Waals surface area contributed by atoms with E-state index in [9.17, 15) is 4.79 Å². The van der Waals surface area contributed by atoms with Gasteiger partial charge in [-0.3, -0.25) is 9.69 Å². The molecule has 1 aliphatic carbocycles. The quantitative estimate of drug-likeness (QED) is 0.823. The predicted octanol–water partition coefficient (Wildman–Crippen LogP) is 1.82. The van der Waals surface area contributed by atoms with Crippen molar-refractivity contribution in [2.24, 2.45) is 0 Å². The van der Waals surface area contributed by atoms with Crippen molar-refractivity contribution in [3.63, 3.8) is 0 Å². The van der Waals surface area contributed by atoms with Gasteiger partial charge in [0.15, 0.2) is 5.78 Å². The van der Waals surface area contributed by atoms with Crippen LogP contribution in [0.5, 0.6) is 0 Å². The fourth-order valence-electron chi connectivity index (χ4n) is 3.87. The van der Waals surface area contributed by atoms with E-state index < -0.39 is 0 Å². The molecule has 110 valence electrons. The van der Waals surface area contributed by atoms with Gasteiger partial charge in [-0.1, -0.05) is 12.8 Å². The Morgan fingerprint density at radius 1 is 1.25 bits per heavy atom. The Morgan fingerprint density at radius 2 is 1.95 bits per heavy atom. The first-order valence-electron chi connectivity index (χ1n) is 7.91. The number of carbonyl (C=O) groups excluding carboxylic acids is 1. The Morgan fingerprint density at radius 3 is 2.60 bits per heavy atom. The molecule has 1 saturated heterocycles. The van der Waals surface area contributed by atoms with Crippen molar-refractivity contribution in [2.75, 3.05) is 13.1 Å². The van der Waals surface area contributed by atoms with Crippen molar-refractivity contribution >= 4 is 5.78 Å². The molecule has 1 aromatic heterocycles. The molecule has 0 aromatic carbocycles. The molecule has 0 spiro atoms. The topological polar surface area (TPSA) is 51.0 Å². The minimum atomic E-state index is -0.193. The highest BCUT2D eigenvalue weighted by molar-refractivity contribution is 5.90. The average Bonchev–Trinajstić information content (AvgIpc) is 3.19. The molecule has 3 rings (SSSR count). The lowest BCUT2D eigenvalue weighted by molar-refractivity contribution is -0.130. The molecule has 0 N–H and O–H groups in total. The van der Waals surface area contributed by atoms with Crippen LogP contribution in [0.25, 0.3) is 0 Å². The molecule has 0 radical (unpaired) electrons. The maximum atomic E-state index is 13.0. The molecule has 0 unspecified atom stereocenters. The summed E-state index contributed by atoms with van der Waals surface area (Å²) in [6.07, 6.45) is 8.90. The van der Waals surface area contributed by atoms with Gasteiger partial charge in [0.25, 0.3) is 0 Å². The zero-order valence-electron chi connectivity index (χ0n) is 12.3. The van der Waals surface area contributed by atoms with Crippen LogP contribution in [0.15, 0.2) is 6.33 Å². The molecule has 0 atom stereocenters. The second kappa shape index (κ2) is 5.64. The molecule has 5 heteroatoms. The van der Waals surface area contributed by atoms with Gasteiger partial charge in [0, 0.05) is 6.54 Å². The summed E-state index contributed by atoms with van der Waals surface area (Å²) in [7, 11) is 0. The van der Waals surface area contributed by atoms with Gasteiger partial charge in [0.1, 0.15) is 12.2 Å². The maximum Gasteiger partial charge on any atom is 0.160 e. The Kier molecular flexibility index (Phi) is 3.87. The van der Waals surface area contributed by atoms with Crippen LogP contribution in [-0.2, 0) is 17.8 Å². The highest BCUT2D eigenvalue weighted by Gasteiger charge is 2.46. The first-order chi connectivity index (χ1) is 9.76.